The molecule has 0 radical (unpaired) electrons. The van der Waals surface area contributed by atoms with E-state index in [0.717, 1.165) is 22.3 Å². The van der Waals surface area contributed by atoms with E-state index in [4.69, 9.17) is 5.73 Å². The third-order valence-electron chi connectivity index (χ3n) is 7.50. The van der Waals surface area contributed by atoms with Gasteiger partial charge < -0.3 is 20.6 Å². The average molecular weight is 484 g/mol. The maximum atomic E-state index is 13.9. The fraction of sp³-hybridized carbons (Fsp3) is 0.385. The molecule has 35 heavy (non-hydrogen) atoms. The lowest BCUT2D eigenvalue weighted by Crippen LogP contribution is -2.51. The van der Waals surface area contributed by atoms with Crippen molar-refractivity contribution in [3.63, 3.8) is 0 Å². The summed E-state index contributed by atoms with van der Waals surface area (Å²) in [6.45, 7) is -0.771. The van der Waals surface area contributed by atoms with Crippen molar-refractivity contribution >= 4 is 22.7 Å². The molecule has 2 heterocycles. The average Bonchev–Trinajstić information content (AvgIpc) is 3.12. The van der Waals surface area contributed by atoms with Crippen molar-refractivity contribution in [2.75, 3.05) is 13.1 Å². The molecule has 1 fully saturated rings. The van der Waals surface area contributed by atoms with Gasteiger partial charge >= 0.3 is 6.61 Å². The van der Waals surface area contributed by atoms with Gasteiger partial charge in [-0.1, -0.05) is 19.1 Å². The number of nitrogens with one attached hydrogen (secondary N) is 1. The summed E-state index contributed by atoms with van der Waals surface area (Å²) in [6, 6.07) is 11.6. The molecule has 2 amide bonds. The first-order chi connectivity index (χ1) is 16.7. The molecule has 4 N–H and O–H groups in total. The molecule has 1 aliphatic heterocycles. The maximum absolute atomic E-state index is 13.9. The zero-order valence-electron chi connectivity index (χ0n) is 19.3. The Morgan fingerprint density at radius 2 is 2.06 bits per heavy atom. The highest BCUT2D eigenvalue weighted by Crippen LogP contribution is 2.55. The van der Waals surface area contributed by atoms with E-state index >= 15 is 0 Å². The number of carbonyl (C=O) groups excluding carboxylic acids is 2. The Morgan fingerprint density at radius 1 is 1.26 bits per heavy atom. The van der Waals surface area contributed by atoms with Crippen LogP contribution in [0.3, 0.4) is 0 Å². The monoisotopic (exact) mass is 483 g/mol. The molecule has 7 nitrogen and oxygen atoms in total. The highest BCUT2D eigenvalue weighted by atomic mass is 19.3. The molecule has 2 aromatic carbocycles. The molecule has 2 aliphatic rings. The second kappa shape index (κ2) is 8.64. The molecule has 5 rings (SSSR count). The predicted molar refractivity (Wildman–Crippen MR) is 125 cm³/mol. The highest BCUT2D eigenvalue weighted by Gasteiger charge is 2.54. The minimum absolute atomic E-state index is 0.0302. The number of halogens is 2. The van der Waals surface area contributed by atoms with E-state index in [1.165, 1.54) is 11.0 Å². The second-order valence-corrected chi connectivity index (χ2v) is 9.55. The SMILES string of the molecule is C[C@@]12Cc3c([nH]c4ccc(OC(F)F)cc34)[C@@H](c3cccc(O)c3)C1CCC(=O)N(CCN)C2=O. The smallest absolute Gasteiger partial charge is 0.387 e. The normalized spacial score (nSPS) is 24.4. The van der Waals surface area contributed by atoms with Gasteiger partial charge in [-0.2, -0.15) is 8.78 Å². The van der Waals surface area contributed by atoms with Gasteiger partial charge in [-0.3, -0.25) is 14.5 Å². The molecule has 0 saturated carbocycles. The Bertz CT molecular complexity index is 1310. The summed E-state index contributed by atoms with van der Waals surface area (Å²) in [6.07, 6.45) is 1.02. The number of aromatic nitrogens is 1. The van der Waals surface area contributed by atoms with Gasteiger partial charge in [0.2, 0.25) is 11.8 Å². The van der Waals surface area contributed by atoms with Crippen LogP contribution in [0.4, 0.5) is 8.78 Å². The van der Waals surface area contributed by atoms with Crippen LogP contribution >= 0.6 is 0 Å². The summed E-state index contributed by atoms with van der Waals surface area (Å²) < 4.78 is 30.4. The van der Waals surface area contributed by atoms with Crippen LogP contribution in [-0.4, -0.2) is 46.5 Å². The molecule has 0 bridgehead atoms. The number of carbonyl (C=O) groups is 2. The number of fused-ring (bicyclic) bond motifs is 4. The van der Waals surface area contributed by atoms with E-state index in [0.29, 0.717) is 18.2 Å². The number of rotatable bonds is 5. The minimum Gasteiger partial charge on any atom is -0.508 e. The summed E-state index contributed by atoms with van der Waals surface area (Å²) in [7, 11) is 0. The number of likely N-dealkylation sites (tertiary alicyclic amines) is 1. The number of benzene rings is 2. The van der Waals surface area contributed by atoms with Crippen molar-refractivity contribution in [2.45, 2.75) is 38.7 Å². The topological polar surface area (TPSA) is 109 Å². The van der Waals surface area contributed by atoms with Crippen LogP contribution in [-0.2, 0) is 16.0 Å². The summed E-state index contributed by atoms with van der Waals surface area (Å²) >= 11 is 0. The fourth-order valence-electron chi connectivity index (χ4n) is 5.97. The van der Waals surface area contributed by atoms with Crippen LogP contribution in [0, 0.1) is 11.3 Å². The molecule has 0 spiro atoms. The fourth-order valence-corrected chi connectivity index (χ4v) is 5.97. The largest absolute Gasteiger partial charge is 0.508 e. The van der Waals surface area contributed by atoms with Crippen LogP contribution in [0.1, 0.15) is 42.5 Å². The molecule has 1 aromatic heterocycles. The summed E-state index contributed by atoms with van der Waals surface area (Å²) in [5, 5.41) is 10.9. The van der Waals surface area contributed by atoms with Crippen molar-refractivity contribution in [3.8, 4) is 11.5 Å². The number of hydrogen-bond donors (Lipinski definition) is 3. The van der Waals surface area contributed by atoms with Crippen LogP contribution in [0.25, 0.3) is 10.9 Å². The Balaban J connectivity index is 1.73. The molecular formula is C26H27F2N3O4. The number of nitrogens with zero attached hydrogens (tertiary/aromatic N) is 1. The molecule has 9 heteroatoms. The lowest BCUT2D eigenvalue weighted by Gasteiger charge is -2.45. The lowest BCUT2D eigenvalue weighted by atomic mass is 9.59. The van der Waals surface area contributed by atoms with Gasteiger partial charge in [-0.25, -0.2) is 0 Å². The van der Waals surface area contributed by atoms with Gasteiger partial charge in [0.1, 0.15) is 11.5 Å². The Labute approximate surface area is 200 Å². The van der Waals surface area contributed by atoms with E-state index in [9.17, 15) is 23.5 Å². The van der Waals surface area contributed by atoms with Crippen molar-refractivity contribution in [1.82, 2.24) is 9.88 Å². The van der Waals surface area contributed by atoms with Crippen molar-refractivity contribution in [3.05, 3.63) is 59.3 Å². The first-order valence-corrected chi connectivity index (χ1v) is 11.7. The Morgan fingerprint density at radius 3 is 2.77 bits per heavy atom. The van der Waals surface area contributed by atoms with Gasteiger partial charge in [-0.15, -0.1) is 0 Å². The third kappa shape index (κ3) is 3.83. The van der Waals surface area contributed by atoms with E-state index in [2.05, 4.69) is 9.72 Å². The van der Waals surface area contributed by atoms with Gasteiger partial charge in [0.05, 0.1) is 5.41 Å². The Hall–Kier alpha value is -3.46. The molecule has 1 aliphatic carbocycles. The number of alkyl halides is 2. The Kier molecular flexibility index (Phi) is 5.75. The predicted octanol–water partition coefficient (Wildman–Crippen LogP) is 3.89. The van der Waals surface area contributed by atoms with Gasteiger partial charge in [-0.05, 0) is 60.2 Å². The summed E-state index contributed by atoms with van der Waals surface area (Å²) in [4.78, 5) is 31.5. The number of phenolic OH excluding ortho intramolecular Hbond substituents is 1. The van der Waals surface area contributed by atoms with Crippen LogP contribution in [0.5, 0.6) is 11.5 Å². The van der Waals surface area contributed by atoms with E-state index < -0.39 is 12.0 Å². The van der Waals surface area contributed by atoms with E-state index in [1.807, 2.05) is 13.0 Å². The van der Waals surface area contributed by atoms with E-state index in [1.54, 1.807) is 30.3 Å². The number of nitrogens with two attached hydrogens (primary N) is 1. The quantitative estimate of drug-likeness (QED) is 0.477. The van der Waals surface area contributed by atoms with Crippen molar-refractivity contribution in [1.29, 1.82) is 0 Å². The molecule has 184 valence electrons. The van der Waals surface area contributed by atoms with Gasteiger partial charge in [0, 0.05) is 42.0 Å². The number of H-pyrrole nitrogens is 1. The summed E-state index contributed by atoms with van der Waals surface area (Å²) in [5.74, 6) is -0.950. The van der Waals surface area contributed by atoms with Crippen LogP contribution < -0.4 is 10.5 Å². The number of aromatic hydroxyl groups is 1. The van der Waals surface area contributed by atoms with Crippen LogP contribution in [0.2, 0.25) is 0 Å². The van der Waals surface area contributed by atoms with Gasteiger partial charge in [0.15, 0.2) is 0 Å². The van der Waals surface area contributed by atoms with Crippen molar-refractivity contribution < 1.29 is 28.2 Å². The highest BCUT2D eigenvalue weighted by molar-refractivity contribution is 6.00. The molecule has 3 aromatic rings. The zero-order valence-corrected chi connectivity index (χ0v) is 19.3. The third-order valence-corrected chi connectivity index (χ3v) is 7.50. The molecule has 3 atom stereocenters. The van der Waals surface area contributed by atoms with E-state index in [-0.39, 0.29) is 54.7 Å². The second-order valence-electron chi connectivity index (χ2n) is 9.55. The molecule has 1 saturated heterocycles. The lowest BCUT2D eigenvalue weighted by molar-refractivity contribution is -0.151. The minimum atomic E-state index is -2.96. The van der Waals surface area contributed by atoms with Crippen molar-refractivity contribution in [2.24, 2.45) is 17.1 Å². The number of amides is 2. The van der Waals surface area contributed by atoms with Crippen LogP contribution in [0.15, 0.2) is 42.5 Å². The summed E-state index contributed by atoms with van der Waals surface area (Å²) in [5.41, 5.74) is 8.00. The first kappa shape index (κ1) is 23.3. The molecular weight excluding hydrogens is 456 g/mol. The number of ether oxygens (including phenoxy) is 1. The van der Waals surface area contributed by atoms with Gasteiger partial charge in [0.25, 0.3) is 0 Å². The zero-order chi connectivity index (χ0) is 24.9. The first-order valence-electron chi connectivity index (χ1n) is 11.7. The number of hydrogen-bond acceptors (Lipinski definition) is 5. The number of aromatic amines is 1. The number of imide groups is 1. The number of phenols is 1. The maximum Gasteiger partial charge on any atom is 0.387 e. The standard InChI is InChI=1S/C26H27F2N3O4/c1-26-13-18-17-12-16(35-25(27)28)5-7-20(17)30-23(18)22(14-3-2-4-15(32)11-14)19(26)6-8-21(33)31(10-9-29)24(26)34/h2-5,7,11-12,19,22,25,30,32H,6,8-10,13,29H2,1H3/t19?,22-,26+/m0/s1. The molecule has 1 unspecified atom stereocenters.